The van der Waals surface area contributed by atoms with Crippen LogP contribution in [0.25, 0.3) is 0 Å². The van der Waals surface area contributed by atoms with Gasteiger partial charge in [0.2, 0.25) is 0 Å². The Balaban J connectivity index is 2.37. The molecule has 4 nitrogen and oxygen atoms in total. The third-order valence-electron chi connectivity index (χ3n) is 2.44. The third-order valence-corrected chi connectivity index (χ3v) is 2.44. The standard InChI is InChI=1S/C12H13FN4/c1-17(11-5-3-2-4-10(11)13)12-8-15-7-9(6-14)16-12/h2-5,7-8H,6,14H2,1H3. The van der Waals surface area contributed by atoms with E-state index in [1.807, 2.05) is 0 Å². The maximum absolute atomic E-state index is 13.6. The molecule has 2 rings (SSSR count). The molecule has 0 aliphatic carbocycles. The molecular formula is C12H13FN4. The Kier molecular flexibility index (Phi) is 3.30. The number of nitrogens with zero attached hydrogens (tertiary/aromatic N) is 3. The van der Waals surface area contributed by atoms with Crippen LogP contribution in [-0.4, -0.2) is 17.0 Å². The zero-order valence-corrected chi connectivity index (χ0v) is 9.47. The lowest BCUT2D eigenvalue weighted by Crippen LogP contribution is -2.14. The topological polar surface area (TPSA) is 55.0 Å². The first-order valence-corrected chi connectivity index (χ1v) is 5.21. The van der Waals surface area contributed by atoms with Crippen LogP contribution in [0.1, 0.15) is 5.69 Å². The average molecular weight is 232 g/mol. The predicted molar refractivity (Wildman–Crippen MR) is 64.4 cm³/mol. The second kappa shape index (κ2) is 4.88. The smallest absolute Gasteiger partial charge is 0.151 e. The van der Waals surface area contributed by atoms with Crippen LogP contribution in [-0.2, 0) is 6.54 Å². The molecule has 5 heteroatoms. The molecule has 0 spiro atoms. The Morgan fingerprint density at radius 3 is 2.76 bits per heavy atom. The van der Waals surface area contributed by atoms with E-state index < -0.39 is 0 Å². The minimum Gasteiger partial charge on any atom is -0.326 e. The molecule has 1 aromatic carbocycles. The van der Waals surface area contributed by atoms with Gasteiger partial charge < -0.3 is 10.6 Å². The molecule has 1 aromatic heterocycles. The highest BCUT2D eigenvalue weighted by atomic mass is 19.1. The number of rotatable bonds is 3. The fourth-order valence-electron chi connectivity index (χ4n) is 1.50. The molecule has 0 aliphatic rings. The first kappa shape index (κ1) is 11.5. The van der Waals surface area contributed by atoms with Crippen molar-refractivity contribution in [1.29, 1.82) is 0 Å². The van der Waals surface area contributed by atoms with E-state index in [9.17, 15) is 4.39 Å². The summed E-state index contributed by atoms with van der Waals surface area (Å²) in [7, 11) is 1.74. The fourth-order valence-corrected chi connectivity index (χ4v) is 1.50. The summed E-state index contributed by atoms with van der Waals surface area (Å²) < 4.78 is 13.6. The lowest BCUT2D eigenvalue weighted by Gasteiger charge is -2.18. The van der Waals surface area contributed by atoms with Crippen molar-refractivity contribution in [1.82, 2.24) is 9.97 Å². The number of para-hydroxylation sites is 1. The summed E-state index contributed by atoms with van der Waals surface area (Å²) in [5.41, 5.74) is 6.62. The quantitative estimate of drug-likeness (QED) is 0.877. The van der Waals surface area contributed by atoms with E-state index >= 15 is 0 Å². The van der Waals surface area contributed by atoms with Gasteiger partial charge in [0.25, 0.3) is 0 Å². The summed E-state index contributed by atoms with van der Waals surface area (Å²) >= 11 is 0. The molecule has 0 bridgehead atoms. The van der Waals surface area contributed by atoms with Gasteiger partial charge in [0.05, 0.1) is 17.6 Å². The predicted octanol–water partition coefficient (Wildman–Crippen LogP) is 1.84. The van der Waals surface area contributed by atoms with Gasteiger partial charge in [-0.2, -0.15) is 0 Å². The Hall–Kier alpha value is -2.01. The molecule has 0 radical (unpaired) electrons. The van der Waals surface area contributed by atoms with Gasteiger partial charge in [-0.3, -0.25) is 4.98 Å². The number of nitrogens with two attached hydrogens (primary N) is 1. The largest absolute Gasteiger partial charge is 0.326 e. The number of aromatic nitrogens is 2. The van der Waals surface area contributed by atoms with Crippen LogP contribution >= 0.6 is 0 Å². The van der Waals surface area contributed by atoms with E-state index in [1.54, 1.807) is 42.5 Å². The Labute approximate surface area is 98.9 Å². The molecule has 0 saturated heterocycles. The van der Waals surface area contributed by atoms with Crippen molar-refractivity contribution in [3.63, 3.8) is 0 Å². The van der Waals surface area contributed by atoms with Crippen LogP contribution < -0.4 is 10.6 Å². The minimum absolute atomic E-state index is 0.296. The highest BCUT2D eigenvalue weighted by molar-refractivity contribution is 5.58. The Bertz CT molecular complexity index is 515. The van der Waals surface area contributed by atoms with E-state index in [1.165, 1.54) is 6.07 Å². The van der Waals surface area contributed by atoms with Gasteiger partial charge in [0.15, 0.2) is 5.82 Å². The summed E-state index contributed by atoms with van der Waals surface area (Å²) in [4.78, 5) is 9.95. The first-order chi connectivity index (χ1) is 8.22. The Morgan fingerprint density at radius 1 is 1.29 bits per heavy atom. The van der Waals surface area contributed by atoms with Crippen molar-refractivity contribution in [2.24, 2.45) is 5.73 Å². The van der Waals surface area contributed by atoms with E-state index in [0.717, 1.165) is 0 Å². The number of anilines is 2. The Morgan fingerprint density at radius 2 is 2.06 bits per heavy atom. The molecule has 0 fully saturated rings. The lowest BCUT2D eigenvalue weighted by molar-refractivity contribution is 0.627. The van der Waals surface area contributed by atoms with Crippen LogP contribution in [0.4, 0.5) is 15.9 Å². The maximum atomic E-state index is 13.6. The molecule has 0 amide bonds. The van der Waals surface area contributed by atoms with E-state index in [0.29, 0.717) is 23.7 Å². The van der Waals surface area contributed by atoms with Crippen molar-refractivity contribution in [2.45, 2.75) is 6.54 Å². The molecular weight excluding hydrogens is 219 g/mol. The number of hydrogen-bond donors (Lipinski definition) is 1. The van der Waals surface area contributed by atoms with Crippen LogP contribution in [0.3, 0.4) is 0 Å². The molecule has 17 heavy (non-hydrogen) atoms. The minimum atomic E-state index is -0.296. The van der Waals surface area contributed by atoms with Gasteiger partial charge in [-0.05, 0) is 12.1 Å². The normalized spacial score (nSPS) is 10.3. The van der Waals surface area contributed by atoms with E-state index in [2.05, 4.69) is 9.97 Å². The average Bonchev–Trinajstić information content (AvgIpc) is 2.38. The maximum Gasteiger partial charge on any atom is 0.151 e. The van der Waals surface area contributed by atoms with Crippen LogP contribution in [0.15, 0.2) is 36.7 Å². The molecule has 0 aliphatic heterocycles. The van der Waals surface area contributed by atoms with E-state index in [-0.39, 0.29) is 5.82 Å². The summed E-state index contributed by atoms with van der Waals surface area (Å²) in [6.45, 7) is 0.311. The summed E-state index contributed by atoms with van der Waals surface area (Å²) in [5, 5.41) is 0. The number of halogens is 1. The number of hydrogen-bond acceptors (Lipinski definition) is 4. The summed E-state index contributed by atoms with van der Waals surface area (Å²) in [5.74, 6) is 0.271. The molecule has 0 unspecified atom stereocenters. The highest BCUT2D eigenvalue weighted by Crippen LogP contribution is 2.23. The van der Waals surface area contributed by atoms with Gasteiger partial charge in [0, 0.05) is 19.8 Å². The highest BCUT2D eigenvalue weighted by Gasteiger charge is 2.10. The monoisotopic (exact) mass is 232 g/mol. The van der Waals surface area contributed by atoms with Gasteiger partial charge in [-0.15, -0.1) is 0 Å². The van der Waals surface area contributed by atoms with Crippen molar-refractivity contribution in [2.75, 3.05) is 11.9 Å². The zero-order valence-electron chi connectivity index (χ0n) is 9.47. The zero-order chi connectivity index (χ0) is 12.3. The molecule has 88 valence electrons. The number of benzene rings is 1. The second-order valence-electron chi connectivity index (χ2n) is 3.58. The van der Waals surface area contributed by atoms with Gasteiger partial charge >= 0.3 is 0 Å². The van der Waals surface area contributed by atoms with Gasteiger partial charge in [0.1, 0.15) is 5.82 Å². The molecule has 1 heterocycles. The van der Waals surface area contributed by atoms with Crippen molar-refractivity contribution >= 4 is 11.5 Å². The molecule has 0 atom stereocenters. The summed E-state index contributed by atoms with van der Waals surface area (Å²) in [6, 6.07) is 6.52. The second-order valence-corrected chi connectivity index (χ2v) is 3.58. The van der Waals surface area contributed by atoms with Crippen molar-refractivity contribution in [3.8, 4) is 0 Å². The fraction of sp³-hybridized carbons (Fsp3) is 0.167. The SMILES string of the molecule is CN(c1cncc(CN)n1)c1ccccc1F. The van der Waals surface area contributed by atoms with E-state index in [4.69, 9.17) is 5.73 Å². The lowest BCUT2D eigenvalue weighted by atomic mass is 10.3. The van der Waals surface area contributed by atoms with Crippen LogP contribution in [0.2, 0.25) is 0 Å². The third kappa shape index (κ3) is 2.39. The molecule has 2 N–H and O–H groups in total. The van der Waals surface area contributed by atoms with Crippen molar-refractivity contribution < 1.29 is 4.39 Å². The van der Waals surface area contributed by atoms with Crippen LogP contribution in [0.5, 0.6) is 0 Å². The molecule has 0 saturated carbocycles. The molecule has 2 aromatic rings. The van der Waals surface area contributed by atoms with Gasteiger partial charge in [-0.25, -0.2) is 9.37 Å². The summed E-state index contributed by atoms with van der Waals surface area (Å²) in [6.07, 6.45) is 3.17. The first-order valence-electron chi connectivity index (χ1n) is 5.21. The van der Waals surface area contributed by atoms with Crippen molar-refractivity contribution in [3.05, 3.63) is 48.2 Å². The van der Waals surface area contributed by atoms with Gasteiger partial charge in [-0.1, -0.05) is 12.1 Å². The van der Waals surface area contributed by atoms with Crippen LogP contribution in [0, 0.1) is 5.82 Å².